The van der Waals surface area contributed by atoms with Crippen LogP contribution in [0.15, 0.2) is 42.5 Å². The molecule has 0 aromatic heterocycles. The molecule has 0 saturated carbocycles. The molecule has 0 aliphatic carbocycles. The Kier molecular flexibility index (Phi) is 13.0. The maximum absolute atomic E-state index is 13.4. The molecule has 3 N–H and O–H groups in total. The quantitative estimate of drug-likeness (QED) is 0.230. The first-order valence-corrected chi connectivity index (χ1v) is 13.3. The maximum Gasteiger partial charge on any atom is 0.416 e. The molecule has 0 radical (unpaired) electrons. The molecule has 1 unspecified atom stereocenters. The molecule has 0 saturated heterocycles. The number of hydrogen-bond donors (Lipinski definition) is 2. The summed E-state index contributed by atoms with van der Waals surface area (Å²) in [7, 11) is 3.14. The Labute approximate surface area is 237 Å². The number of hydrogen-bond acceptors (Lipinski definition) is 5. The second kappa shape index (κ2) is 15.9. The van der Waals surface area contributed by atoms with Gasteiger partial charge < -0.3 is 25.6 Å². The van der Waals surface area contributed by atoms with Gasteiger partial charge in [-0.15, -0.1) is 0 Å². The van der Waals surface area contributed by atoms with Crippen LogP contribution in [-0.2, 0) is 27.1 Å². The zero-order chi connectivity index (χ0) is 30.6. The number of carbonyl (C=O) groups is 3. The Balaban J connectivity index is 1.77. The van der Waals surface area contributed by atoms with Crippen LogP contribution in [0.1, 0.15) is 48.8 Å². The first-order chi connectivity index (χ1) is 19.3. The highest BCUT2D eigenvalue weighted by atomic mass is 19.4. The topological polar surface area (TPSA) is 105 Å². The third-order valence-electron chi connectivity index (χ3n) is 6.38. The Morgan fingerprint density at radius 3 is 2.44 bits per heavy atom. The molecular formula is C29H38F4N4O4. The predicted molar refractivity (Wildman–Crippen MR) is 146 cm³/mol. The third kappa shape index (κ3) is 12.2. The van der Waals surface area contributed by atoms with Crippen molar-refractivity contribution in [3.8, 4) is 5.75 Å². The van der Waals surface area contributed by atoms with Gasteiger partial charge in [0.15, 0.2) is 0 Å². The van der Waals surface area contributed by atoms with E-state index < -0.39 is 29.6 Å². The fourth-order valence-corrected chi connectivity index (χ4v) is 4.20. The first kappa shape index (κ1) is 33.5. The number of amides is 3. The number of rotatable bonds is 16. The Morgan fingerprint density at radius 1 is 1.05 bits per heavy atom. The van der Waals surface area contributed by atoms with E-state index in [2.05, 4.69) is 5.32 Å². The highest BCUT2D eigenvalue weighted by Crippen LogP contribution is 2.29. The summed E-state index contributed by atoms with van der Waals surface area (Å²) in [6.07, 6.45) is -2.79. The lowest BCUT2D eigenvalue weighted by Gasteiger charge is -2.27. The van der Waals surface area contributed by atoms with Crippen molar-refractivity contribution in [2.75, 3.05) is 33.8 Å². The monoisotopic (exact) mass is 582 g/mol. The molecule has 0 bridgehead atoms. The van der Waals surface area contributed by atoms with Gasteiger partial charge in [-0.2, -0.15) is 13.2 Å². The standard InChI is InChI=1S/C29H38F4N4O4/c1-20-14-23(30)17-24(15-20)41-13-6-4-5-10-27(39)37(3)25(18-26(34)38)28(40)35-11-12-36(2)19-21-8-7-9-22(16-21)29(31,32)33/h7-9,14-17,25H,4-6,10-13,18-19H2,1-3H3,(H2,34,38)(H,35,40). The number of likely N-dealkylation sites (N-methyl/N-ethyl adjacent to an activating group) is 2. The van der Waals surface area contributed by atoms with Gasteiger partial charge in [0.2, 0.25) is 17.7 Å². The van der Waals surface area contributed by atoms with Gasteiger partial charge in [0, 0.05) is 39.2 Å². The van der Waals surface area contributed by atoms with Crippen LogP contribution in [0.2, 0.25) is 0 Å². The number of nitrogens with zero attached hydrogens (tertiary/aromatic N) is 2. The van der Waals surface area contributed by atoms with Crippen LogP contribution in [0.25, 0.3) is 0 Å². The van der Waals surface area contributed by atoms with Gasteiger partial charge in [0.25, 0.3) is 0 Å². The van der Waals surface area contributed by atoms with Crippen molar-refractivity contribution in [1.82, 2.24) is 15.1 Å². The smallest absolute Gasteiger partial charge is 0.416 e. The van der Waals surface area contributed by atoms with Gasteiger partial charge in [-0.3, -0.25) is 14.4 Å². The Hall–Kier alpha value is -3.67. The van der Waals surface area contributed by atoms with E-state index in [1.54, 1.807) is 31.0 Å². The maximum atomic E-state index is 13.4. The molecule has 0 fully saturated rings. The second-order valence-corrected chi connectivity index (χ2v) is 10.0. The van der Waals surface area contributed by atoms with Gasteiger partial charge in [-0.25, -0.2) is 4.39 Å². The molecule has 226 valence electrons. The van der Waals surface area contributed by atoms with E-state index in [0.29, 0.717) is 43.7 Å². The molecule has 41 heavy (non-hydrogen) atoms. The number of primary amides is 1. The average molecular weight is 583 g/mol. The number of aryl methyl sites for hydroxylation is 1. The van der Waals surface area contributed by atoms with Crippen LogP contribution in [-0.4, -0.2) is 67.4 Å². The number of benzene rings is 2. The van der Waals surface area contributed by atoms with Crippen molar-refractivity contribution in [3.05, 3.63) is 65.0 Å². The van der Waals surface area contributed by atoms with Crippen molar-refractivity contribution < 1.29 is 36.7 Å². The summed E-state index contributed by atoms with van der Waals surface area (Å²) in [5.74, 6) is -1.54. The van der Waals surface area contributed by atoms with Crippen LogP contribution in [0.4, 0.5) is 17.6 Å². The van der Waals surface area contributed by atoms with E-state index in [1.165, 1.54) is 30.1 Å². The SMILES string of the molecule is Cc1cc(F)cc(OCCCCCC(=O)N(C)C(CC(N)=O)C(=O)NCCN(C)Cc2cccc(C(F)(F)F)c2)c1. The second-order valence-electron chi connectivity index (χ2n) is 10.0. The fraction of sp³-hybridized carbons (Fsp3) is 0.483. The van der Waals surface area contributed by atoms with Crippen LogP contribution in [0.3, 0.4) is 0 Å². The lowest BCUT2D eigenvalue weighted by Crippen LogP contribution is -2.50. The van der Waals surface area contributed by atoms with Gasteiger partial charge in [0.05, 0.1) is 18.6 Å². The zero-order valence-corrected chi connectivity index (χ0v) is 23.6. The van der Waals surface area contributed by atoms with Gasteiger partial charge in [-0.1, -0.05) is 18.2 Å². The lowest BCUT2D eigenvalue weighted by molar-refractivity contribution is -0.140. The van der Waals surface area contributed by atoms with E-state index in [4.69, 9.17) is 10.5 Å². The van der Waals surface area contributed by atoms with E-state index in [9.17, 15) is 31.9 Å². The molecular weight excluding hydrogens is 544 g/mol. The van der Waals surface area contributed by atoms with Crippen LogP contribution >= 0.6 is 0 Å². The lowest BCUT2D eigenvalue weighted by atomic mass is 10.1. The number of carbonyl (C=O) groups excluding carboxylic acids is 3. The van der Waals surface area contributed by atoms with Gasteiger partial charge in [-0.05, 0) is 62.6 Å². The molecule has 0 heterocycles. The largest absolute Gasteiger partial charge is 0.493 e. The van der Waals surface area contributed by atoms with Crippen LogP contribution in [0.5, 0.6) is 5.75 Å². The van der Waals surface area contributed by atoms with Crippen molar-refractivity contribution in [1.29, 1.82) is 0 Å². The summed E-state index contributed by atoms with van der Waals surface area (Å²) in [6, 6.07) is 8.38. The number of nitrogens with one attached hydrogen (secondary N) is 1. The zero-order valence-electron chi connectivity index (χ0n) is 23.6. The van der Waals surface area contributed by atoms with Crippen molar-refractivity contribution in [3.63, 3.8) is 0 Å². The molecule has 2 rings (SSSR count). The first-order valence-electron chi connectivity index (χ1n) is 13.3. The third-order valence-corrected chi connectivity index (χ3v) is 6.38. The molecule has 1 atom stereocenters. The average Bonchev–Trinajstić information content (AvgIpc) is 2.87. The molecule has 2 aromatic carbocycles. The molecule has 8 nitrogen and oxygen atoms in total. The number of ether oxygens (including phenoxy) is 1. The van der Waals surface area contributed by atoms with Gasteiger partial charge >= 0.3 is 6.18 Å². The summed E-state index contributed by atoms with van der Waals surface area (Å²) in [5.41, 5.74) is 5.81. The van der Waals surface area contributed by atoms with Crippen molar-refractivity contribution in [2.45, 2.75) is 57.8 Å². The minimum absolute atomic E-state index is 0.149. The summed E-state index contributed by atoms with van der Waals surface area (Å²) < 4.78 is 57.8. The molecule has 0 aliphatic rings. The van der Waals surface area contributed by atoms with Crippen molar-refractivity contribution in [2.24, 2.45) is 5.73 Å². The number of unbranched alkanes of at least 4 members (excludes halogenated alkanes) is 2. The summed E-state index contributed by atoms with van der Waals surface area (Å²) in [4.78, 5) is 40.1. The number of halogens is 4. The van der Waals surface area contributed by atoms with E-state index >= 15 is 0 Å². The minimum atomic E-state index is -4.43. The Bertz CT molecular complexity index is 1160. The van der Waals surface area contributed by atoms with Gasteiger partial charge in [0.1, 0.15) is 17.6 Å². The number of nitrogens with two attached hydrogens (primary N) is 1. The normalized spacial score (nSPS) is 12.2. The fourth-order valence-electron chi connectivity index (χ4n) is 4.20. The van der Waals surface area contributed by atoms with E-state index in [-0.39, 0.29) is 37.7 Å². The van der Waals surface area contributed by atoms with E-state index in [1.807, 2.05) is 0 Å². The molecule has 0 aliphatic heterocycles. The minimum Gasteiger partial charge on any atom is -0.493 e. The summed E-state index contributed by atoms with van der Waals surface area (Å²) >= 11 is 0. The van der Waals surface area contributed by atoms with Crippen molar-refractivity contribution >= 4 is 17.7 Å². The number of alkyl halides is 3. The van der Waals surface area contributed by atoms with Crippen LogP contribution < -0.4 is 15.8 Å². The Morgan fingerprint density at radius 2 is 1.78 bits per heavy atom. The molecule has 3 amide bonds. The highest BCUT2D eigenvalue weighted by molar-refractivity contribution is 5.91. The highest BCUT2D eigenvalue weighted by Gasteiger charge is 2.30. The van der Waals surface area contributed by atoms with Crippen LogP contribution in [0, 0.1) is 12.7 Å². The molecule has 2 aromatic rings. The summed E-state index contributed by atoms with van der Waals surface area (Å²) in [5, 5.41) is 2.68. The van der Waals surface area contributed by atoms with E-state index in [0.717, 1.165) is 17.7 Å². The molecule has 12 heteroatoms. The molecule has 0 spiro atoms. The predicted octanol–water partition coefficient (Wildman–Crippen LogP) is 4.04. The summed E-state index contributed by atoms with van der Waals surface area (Å²) in [6.45, 7) is 2.83.